The standard InChI is InChI=1S/C31H37N3O2/c1-32-19-9-2-3-10-20-33-31(36)29-22-27-13-7-8-14-28(27)23-34(29)30(35)21-24-15-17-26(18-16-24)25-11-5-4-6-12-25/h4-8,11-18,29,32H,2-3,9-10,19-23H2,1H3,(H,33,36). The molecule has 1 heterocycles. The molecule has 2 N–H and O–H groups in total. The molecule has 36 heavy (non-hydrogen) atoms. The summed E-state index contributed by atoms with van der Waals surface area (Å²) in [7, 11) is 1.97. The Hall–Kier alpha value is -3.44. The highest BCUT2D eigenvalue weighted by molar-refractivity contribution is 5.89. The quantitative estimate of drug-likeness (QED) is 0.387. The maximum Gasteiger partial charge on any atom is 0.243 e. The normalized spacial score (nSPS) is 14.8. The van der Waals surface area contributed by atoms with Crippen molar-refractivity contribution in [1.29, 1.82) is 0 Å². The van der Waals surface area contributed by atoms with E-state index in [0.29, 0.717) is 19.5 Å². The molecule has 3 aromatic rings. The summed E-state index contributed by atoms with van der Waals surface area (Å²) >= 11 is 0. The van der Waals surface area contributed by atoms with Gasteiger partial charge in [0.15, 0.2) is 0 Å². The van der Waals surface area contributed by atoms with E-state index in [-0.39, 0.29) is 18.2 Å². The Morgan fingerprint density at radius 2 is 1.42 bits per heavy atom. The van der Waals surface area contributed by atoms with Gasteiger partial charge in [-0.2, -0.15) is 0 Å². The number of benzene rings is 3. The lowest BCUT2D eigenvalue weighted by atomic mass is 9.92. The molecule has 0 radical (unpaired) electrons. The Balaban J connectivity index is 1.40. The van der Waals surface area contributed by atoms with Crippen molar-refractivity contribution in [3.63, 3.8) is 0 Å². The summed E-state index contributed by atoms with van der Waals surface area (Å²) in [6.07, 6.45) is 5.20. The van der Waals surface area contributed by atoms with Gasteiger partial charge in [0.2, 0.25) is 11.8 Å². The fourth-order valence-corrected chi connectivity index (χ4v) is 4.85. The molecule has 1 atom stereocenters. The van der Waals surface area contributed by atoms with Gasteiger partial charge in [0, 0.05) is 19.5 Å². The number of hydrogen-bond donors (Lipinski definition) is 2. The number of amides is 2. The van der Waals surface area contributed by atoms with Crippen LogP contribution in [0.5, 0.6) is 0 Å². The van der Waals surface area contributed by atoms with Crippen LogP contribution in [-0.4, -0.2) is 42.9 Å². The number of fused-ring (bicyclic) bond motifs is 1. The minimum Gasteiger partial charge on any atom is -0.354 e. The van der Waals surface area contributed by atoms with Gasteiger partial charge in [0.05, 0.1) is 6.42 Å². The zero-order valence-corrected chi connectivity index (χ0v) is 21.2. The van der Waals surface area contributed by atoms with Gasteiger partial charge in [-0.15, -0.1) is 0 Å². The summed E-state index contributed by atoms with van der Waals surface area (Å²) < 4.78 is 0. The SMILES string of the molecule is CNCCCCCCNC(=O)C1Cc2ccccc2CN1C(=O)Cc1ccc(-c2ccccc2)cc1. The highest BCUT2D eigenvalue weighted by atomic mass is 16.2. The molecule has 1 unspecified atom stereocenters. The molecule has 0 spiro atoms. The summed E-state index contributed by atoms with van der Waals surface area (Å²) in [6.45, 7) is 2.15. The van der Waals surface area contributed by atoms with Gasteiger partial charge in [0.1, 0.15) is 6.04 Å². The van der Waals surface area contributed by atoms with Crippen molar-refractivity contribution in [2.45, 2.75) is 51.1 Å². The molecule has 2 amide bonds. The van der Waals surface area contributed by atoms with E-state index in [2.05, 4.69) is 47.0 Å². The minimum atomic E-state index is -0.472. The van der Waals surface area contributed by atoms with E-state index in [9.17, 15) is 9.59 Å². The van der Waals surface area contributed by atoms with Crippen LogP contribution in [0, 0.1) is 0 Å². The van der Waals surface area contributed by atoms with Crippen LogP contribution in [0.4, 0.5) is 0 Å². The van der Waals surface area contributed by atoms with Crippen molar-refractivity contribution in [1.82, 2.24) is 15.5 Å². The lowest BCUT2D eigenvalue weighted by Crippen LogP contribution is -2.53. The van der Waals surface area contributed by atoms with Crippen LogP contribution in [0.25, 0.3) is 11.1 Å². The van der Waals surface area contributed by atoms with Gasteiger partial charge in [-0.3, -0.25) is 9.59 Å². The second-order valence-electron chi connectivity index (χ2n) is 9.56. The molecule has 5 heteroatoms. The number of hydrogen-bond acceptors (Lipinski definition) is 3. The van der Waals surface area contributed by atoms with Crippen LogP contribution < -0.4 is 10.6 Å². The molecule has 0 aromatic heterocycles. The van der Waals surface area contributed by atoms with Crippen molar-refractivity contribution in [2.75, 3.05) is 20.1 Å². The van der Waals surface area contributed by atoms with Gasteiger partial charge in [-0.25, -0.2) is 0 Å². The van der Waals surface area contributed by atoms with E-state index >= 15 is 0 Å². The first-order valence-corrected chi connectivity index (χ1v) is 13.1. The third-order valence-electron chi connectivity index (χ3n) is 6.94. The highest BCUT2D eigenvalue weighted by Crippen LogP contribution is 2.25. The molecule has 0 bridgehead atoms. The maximum atomic E-state index is 13.5. The number of nitrogens with one attached hydrogen (secondary N) is 2. The van der Waals surface area contributed by atoms with Crippen LogP contribution in [0.1, 0.15) is 42.4 Å². The van der Waals surface area contributed by atoms with E-state index in [1.165, 1.54) is 0 Å². The van der Waals surface area contributed by atoms with Gasteiger partial charge >= 0.3 is 0 Å². The van der Waals surface area contributed by atoms with E-state index in [4.69, 9.17) is 0 Å². The number of rotatable bonds is 11. The number of unbranched alkanes of at least 4 members (excludes halogenated alkanes) is 3. The lowest BCUT2D eigenvalue weighted by Gasteiger charge is -2.36. The summed E-state index contributed by atoms with van der Waals surface area (Å²) in [6, 6.07) is 26.0. The second-order valence-corrected chi connectivity index (χ2v) is 9.56. The average Bonchev–Trinajstić information content (AvgIpc) is 2.92. The van der Waals surface area contributed by atoms with Crippen LogP contribution >= 0.6 is 0 Å². The molecule has 3 aromatic carbocycles. The van der Waals surface area contributed by atoms with E-state index in [1.54, 1.807) is 4.90 Å². The molecule has 0 aliphatic carbocycles. The van der Waals surface area contributed by atoms with Gasteiger partial charge in [0.25, 0.3) is 0 Å². The first-order valence-electron chi connectivity index (χ1n) is 13.1. The fraction of sp³-hybridized carbons (Fsp3) is 0.355. The van der Waals surface area contributed by atoms with Crippen LogP contribution in [0.3, 0.4) is 0 Å². The molecule has 1 aliphatic rings. The van der Waals surface area contributed by atoms with E-state index in [1.807, 2.05) is 49.5 Å². The Morgan fingerprint density at radius 3 is 2.14 bits per heavy atom. The predicted molar refractivity (Wildman–Crippen MR) is 145 cm³/mol. The minimum absolute atomic E-state index is 0.0100. The van der Waals surface area contributed by atoms with Gasteiger partial charge < -0.3 is 15.5 Å². The topological polar surface area (TPSA) is 61.4 Å². The second kappa shape index (κ2) is 13.0. The van der Waals surface area contributed by atoms with Gasteiger partial charge in [-0.05, 0) is 54.3 Å². The predicted octanol–water partition coefficient (Wildman–Crippen LogP) is 4.75. The molecule has 188 valence electrons. The van der Waals surface area contributed by atoms with Gasteiger partial charge in [-0.1, -0.05) is 91.7 Å². The first kappa shape index (κ1) is 25.6. The molecular formula is C31H37N3O2. The Bertz CT molecular complexity index is 1130. The summed E-state index contributed by atoms with van der Waals surface area (Å²) in [5.74, 6) is -0.0586. The molecule has 0 fully saturated rings. The fourth-order valence-electron chi connectivity index (χ4n) is 4.85. The summed E-state index contributed by atoms with van der Waals surface area (Å²) in [5.41, 5.74) is 5.52. The lowest BCUT2D eigenvalue weighted by molar-refractivity contribution is -0.141. The zero-order valence-electron chi connectivity index (χ0n) is 21.2. The number of carbonyl (C=O) groups excluding carboxylic acids is 2. The summed E-state index contributed by atoms with van der Waals surface area (Å²) in [4.78, 5) is 28.4. The Morgan fingerprint density at radius 1 is 0.778 bits per heavy atom. The molecule has 0 saturated heterocycles. The number of nitrogens with zero attached hydrogens (tertiary/aromatic N) is 1. The smallest absolute Gasteiger partial charge is 0.243 e. The van der Waals surface area contributed by atoms with Crippen LogP contribution in [0.15, 0.2) is 78.9 Å². The largest absolute Gasteiger partial charge is 0.354 e. The molecule has 1 aliphatic heterocycles. The van der Waals surface area contributed by atoms with Crippen LogP contribution in [-0.2, 0) is 29.0 Å². The first-order chi connectivity index (χ1) is 17.7. The highest BCUT2D eigenvalue weighted by Gasteiger charge is 2.34. The van der Waals surface area contributed by atoms with Crippen LogP contribution in [0.2, 0.25) is 0 Å². The number of carbonyl (C=O) groups is 2. The summed E-state index contributed by atoms with van der Waals surface area (Å²) in [5, 5.41) is 6.26. The molecular weight excluding hydrogens is 446 g/mol. The van der Waals surface area contributed by atoms with Crippen molar-refractivity contribution < 1.29 is 9.59 Å². The Kier molecular flexibility index (Phi) is 9.28. The zero-order chi connectivity index (χ0) is 25.2. The molecule has 5 nitrogen and oxygen atoms in total. The molecule has 0 saturated carbocycles. The average molecular weight is 484 g/mol. The van der Waals surface area contributed by atoms with E-state index in [0.717, 1.165) is 60.0 Å². The third kappa shape index (κ3) is 6.82. The van der Waals surface area contributed by atoms with Crippen molar-refractivity contribution in [2.24, 2.45) is 0 Å². The molecule has 4 rings (SSSR count). The maximum absolute atomic E-state index is 13.5. The van der Waals surface area contributed by atoms with Crippen molar-refractivity contribution in [3.8, 4) is 11.1 Å². The van der Waals surface area contributed by atoms with E-state index < -0.39 is 6.04 Å². The van der Waals surface area contributed by atoms with Crippen molar-refractivity contribution >= 4 is 11.8 Å². The Labute approximate surface area is 214 Å². The monoisotopic (exact) mass is 483 g/mol. The third-order valence-corrected chi connectivity index (χ3v) is 6.94. The van der Waals surface area contributed by atoms with Crippen molar-refractivity contribution in [3.05, 3.63) is 95.6 Å².